The Hall–Kier alpha value is -3.57. The van der Waals surface area contributed by atoms with Crippen LogP contribution in [0.1, 0.15) is 11.1 Å². The summed E-state index contributed by atoms with van der Waals surface area (Å²) in [5.41, 5.74) is 3.08. The standard InChI is InChI=1S/C9H10ClNO3.C9H10N2O5/c10-11-8(9(13)14)5-6-1-3-7(12)4-2-6;12-7-3-1-6(2-4-7)5-8(9(13)14)10-11(15)16/h1-4,8,11-12H,5H2,(H,13,14);1-4,8,10,12H,5H2,(H,13,14)/t2*8-/m00/s1. The van der Waals surface area contributed by atoms with Crippen LogP contribution in [0.5, 0.6) is 11.5 Å². The van der Waals surface area contributed by atoms with E-state index >= 15 is 0 Å². The molecular weight excluding hydrogens is 422 g/mol. The van der Waals surface area contributed by atoms with E-state index in [0.717, 1.165) is 5.56 Å². The van der Waals surface area contributed by atoms with Gasteiger partial charge in [-0.3, -0.25) is 4.79 Å². The minimum atomic E-state index is -1.30. The van der Waals surface area contributed by atoms with E-state index in [1.165, 1.54) is 36.4 Å². The lowest BCUT2D eigenvalue weighted by atomic mass is 10.1. The zero-order valence-corrected chi connectivity index (χ0v) is 16.2. The van der Waals surface area contributed by atoms with Crippen LogP contribution in [0, 0.1) is 10.1 Å². The van der Waals surface area contributed by atoms with Crippen LogP contribution in [0.2, 0.25) is 0 Å². The fourth-order valence-electron chi connectivity index (χ4n) is 2.22. The number of hydrazine groups is 1. The largest absolute Gasteiger partial charge is 0.508 e. The van der Waals surface area contributed by atoms with Crippen molar-refractivity contribution in [2.75, 3.05) is 0 Å². The highest BCUT2D eigenvalue weighted by molar-refractivity contribution is 6.14. The maximum Gasteiger partial charge on any atom is 0.332 e. The molecule has 2 atom stereocenters. The topological polar surface area (TPSA) is 182 Å². The lowest BCUT2D eigenvalue weighted by Gasteiger charge is -2.09. The molecule has 0 bridgehead atoms. The Morgan fingerprint density at radius 2 is 1.23 bits per heavy atom. The van der Waals surface area contributed by atoms with Gasteiger partial charge in [0.25, 0.3) is 0 Å². The molecule has 6 N–H and O–H groups in total. The number of nitro groups is 1. The molecule has 11 nitrogen and oxygen atoms in total. The van der Waals surface area contributed by atoms with Crippen LogP contribution in [-0.4, -0.2) is 49.5 Å². The molecule has 0 aliphatic carbocycles. The van der Waals surface area contributed by atoms with E-state index < -0.39 is 29.1 Å². The number of halogens is 1. The molecule has 0 radical (unpaired) electrons. The van der Waals surface area contributed by atoms with Gasteiger partial charge in [-0.2, -0.15) is 0 Å². The third-order valence-corrected chi connectivity index (χ3v) is 4.00. The number of hydrogen-bond acceptors (Lipinski definition) is 7. The minimum absolute atomic E-state index is 0.0312. The molecule has 0 aromatic heterocycles. The molecule has 162 valence electrons. The first kappa shape index (κ1) is 24.5. The van der Waals surface area contributed by atoms with Gasteiger partial charge in [0.15, 0.2) is 11.1 Å². The van der Waals surface area contributed by atoms with E-state index in [4.69, 9.17) is 32.2 Å². The van der Waals surface area contributed by atoms with Crippen molar-refractivity contribution in [3.63, 3.8) is 0 Å². The Morgan fingerprint density at radius 3 is 1.53 bits per heavy atom. The number of phenols is 2. The Morgan fingerprint density at radius 1 is 0.867 bits per heavy atom. The second-order valence-corrected chi connectivity index (χ2v) is 6.24. The molecule has 0 aliphatic rings. The number of nitrogens with one attached hydrogen (secondary N) is 2. The van der Waals surface area contributed by atoms with Gasteiger partial charge in [-0.05, 0) is 53.6 Å². The minimum Gasteiger partial charge on any atom is -0.508 e. The number of nitrogens with zero attached hydrogens (tertiary/aromatic N) is 1. The van der Waals surface area contributed by atoms with Crippen LogP contribution >= 0.6 is 11.8 Å². The smallest absolute Gasteiger partial charge is 0.332 e. The van der Waals surface area contributed by atoms with Gasteiger partial charge in [0, 0.05) is 6.42 Å². The van der Waals surface area contributed by atoms with Gasteiger partial charge in [0.1, 0.15) is 17.5 Å². The van der Waals surface area contributed by atoms with Crippen LogP contribution in [-0.2, 0) is 22.4 Å². The summed E-state index contributed by atoms with van der Waals surface area (Å²) in [7, 11) is 0. The van der Waals surface area contributed by atoms with Crippen LogP contribution in [0.3, 0.4) is 0 Å². The molecule has 0 saturated carbocycles. The number of carbonyl (C=O) groups is 2. The van der Waals surface area contributed by atoms with Crippen LogP contribution in [0.4, 0.5) is 0 Å². The highest BCUT2D eigenvalue weighted by atomic mass is 35.5. The number of aromatic hydroxyl groups is 2. The van der Waals surface area contributed by atoms with Crippen molar-refractivity contribution in [2.45, 2.75) is 24.9 Å². The Bertz CT molecular complexity index is 846. The highest BCUT2D eigenvalue weighted by Gasteiger charge is 2.22. The van der Waals surface area contributed by atoms with Crippen LogP contribution in [0.15, 0.2) is 48.5 Å². The average molecular weight is 442 g/mol. The van der Waals surface area contributed by atoms with E-state index in [1.807, 2.05) is 0 Å². The predicted octanol–water partition coefficient (Wildman–Crippen LogP) is 1.30. The second-order valence-electron chi connectivity index (χ2n) is 6.02. The summed E-state index contributed by atoms with van der Waals surface area (Å²) in [5, 5.41) is 44.7. The molecule has 0 saturated heterocycles. The molecule has 0 fully saturated rings. The van der Waals surface area contributed by atoms with E-state index in [9.17, 15) is 19.7 Å². The number of carboxylic acid groups (broad SMARTS) is 2. The monoisotopic (exact) mass is 441 g/mol. The predicted molar refractivity (Wildman–Crippen MR) is 106 cm³/mol. The summed E-state index contributed by atoms with van der Waals surface area (Å²) >= 11 is 5.26. The van der Waals surface area contributed by atoms with Crippen molar-refractivity contribution in [1.29, 1.82) is 0 Å². The first-order valence-electron chi connectivity index (χ1n) is 8.40. The van der Waals surface area contributed by atoms with Gasteiger partial charge >= 0.3 is 11.9 Å². The lowest BCUT2D eigenvalue weighted by Crippen LogP contribution is -2.41. The molecule has 2 aromatic rings. The van der Waals surface area contributed by atoms with Crippen molar-refractivity contribution in [1.82, 2.24) is 10.3 Å². The Balaban J connectivity index is 0.000000303. The van der Waals surface area contributed by atoms with Gasteiger partial charge in [-0.25, -0.2) is 19.7 Å². The van der Waals surface area contributed by atoms with Gasteiger partial charge in [-0.15, -0.1) is 5.43 Å². The summed E-state index contributed by atoms with van der Waals surface area (Å²) in [6.07, 6.45) is 0.246. The van der Waals surface area contributed by atoms with Crippen molar-refractivity contribution in [3.05, 3.63) is 69.8 Å². The number of carboxylic acids is 2. The third-order valence-electron chi connectivity index (χ3n) is 3.74. The molecular formula is C18H20ClN3O8. The van der Waals surface area contributed by atoms with Gasteiger partial charge in [0.2, 0.25) is 0 Å². The quantitative estimate of drug-likeness (QED) is 0.188. The summed E-state index contributed by atoms with van der Waals surface area (Å²) < 4.78 is 0. The Labute approximate surface area is 175 Å². The maximum atomic E-state index is 10.7. The Kier molecular flexibility index (Phi) is 9.86. The molecule has 12 heteroatoms. The molecule has 30 heavy (non-hydrogen) atoms. The maximum absolute atomic E-state index is 10.7. The first-order valence-corrected chi connectivity index (χ1v) is 8.78. The van der Waals surface area contributed by atoms with Gasteiger partial charge < -0.3 is 20.4 Å². The molecule has 0 unspecified atom stereocenters. The molecule has 0 amide bonds. The van der Waals surface area contributed by atoms with E-state index in [-0.39, 0.29) is 24.3 Å². The summed E-state index contributed by atoms with van der Waals surface area (Å²) in [6.45, 7) is 0. The number of rotatable bonds is 9. The van der Waals surface area contributed by atoms with Crippen molar-refractivity contribution < 1.29 is 35.0 Å². The molecule has 0 spiro atoms. The average Bonchev–Trinajstić information content (AvgIpc) is 2.68. The molecule has 2 rings (SSSR count). The lowest BCUT2D eigenvalue weighted by molar-refractivity contribution is -0.548. The van der Waals surface area contributed by atoms with E-state index in [0.29, 0.717) is 5.56 Å². The zero-order chi connectivity index (χ0) is 22.7. The van der Waals surface area contributed by atoms with E-state index in [1.54, 1.807) is 17.6 Å². The molecule has 0 heterocycles. The highest BCUT2D eigenvalue weighted by Crippen LogP contribution is 2.12. The van der Waals surface area contributed by atoms with Crippen LogP contribution in [0.25, 0.3) is 0 Å². The third kappa shape index (κ3) is 9.08. The zero-order valence-electron chi connectivity index (χ0n) is 15.4. The first-order chi connectivity index (χ1) is 14.1. The second kappa shape index (κ2) is 12.1. The van der Waals surface area contributed by atoms with E-state index in [2.05, 4.69) is 4.84 Å². The fourth-order valence-corrected chi connectivity index (χ4v) is 2.39. The number of aliphatic carboxylic acids is 2. The number of benzene rings is 2. The molecule has 2 aromatic carbocycles. The molecule has 0 aliphatic heterocycles. The van der Waals surface area contributed by atoms with Gasteiger partial charge in [0.05, 0.1) is 0 Å². The summed E-state index contributed by atoms with van der Waals surface area (Å²) in [5.74, 6) is -2.10. The number of hydrogen-bond donors (Lipinski definition) is 6. The normalized spacial score (nSPS) is 12.0. The van der Waals surface area contributed by atoms with Gasteiger partial charge in [-0.1, -0.05) is 24.3 Å². The SMILES string of the molecule is O=C(O)[C@H](Cc1ccc(O)cc1)NCl.O=C(O)[C@H](Cc1ccc(O)cc1)N[N+](=O)[O-]. The van der Waals surface area contributed by atoms with Crippen LogP contribution < -0.4 is 10.3 Å². The number of phenolic OH excluding ortho intramolecular Hbond substituents is 2. The summed E-state index contributed by atoms with van der Waals surface area (Å²) in [4.78, 5) is 33.6. The fraction of sp³-hybridized carbons (Fsp3) is 0.222. The summed E-state index contributed by atoms with van der Waals surface area (Å²) in [6, 6.07) is 9.99. The van der Waals surface area contributed by atoms with Crippen molar-refractivity contribution in [3.8, 4) is 11.5 Å². The van der Waals surface area contributed by atoms with Crippen molar-refractivity contribution >= 4 is 23.7 Å². The van der Waals surface area contributed by atoms with Crippen molar-refractivity contribution in [2.24, 2.45) is 0 Å².